The number of carbonyl (C=O) groups is 2. The van der Waals surface area contributed by atoms with Gasteiger partial charge in [-0.05, 0) is 13.3 Å². The van der Waals surface area contributed by atoms with Gasteiger partial charge in [0.05, 0.1) is 19.1 Å². The molecular weight excluding hydrogens is 332 g/mol. The van der Waals surface area contributed by atoms with Crippen LogP contribution in [0.15, 0.2) is 6.07 Å². The van der Waals surface area contributed by atoms with Gasteiger partial charge in [0.25, 0.3) is 0 Å². The molecule has 1 aromatic rings. The largest absolute Gasteiger partial charge is 0.469 e. The molecule has 0 spiro atoms. The molecule has 1 N–H and O–H groups in total. The first-order valence-electron chi connectivity index (χ1n) is 7.12. The minimum Gasteiger partial charge on any atom is -0.469 e. The summed E-state index contributed by atoms with van der Waals surface area (Å²) in [6.07, 6.45) is 0.365. The average molecular weight is 348 g/mol. The van der Waals surface area contributed by atoms with Crippen LogP contribution in [0.25, 0.3) is 0 Å². The summed E-state index contributed by atoms with van der Waals surface area (Å²) < 4.78 is 58.0. The van der Waals surface area contributed by atoms with Gasteiger partial charge in [0, 0.05) is 24.7 Å². The molecule has 0 radical (unpaired) electrons. The number of nitrogens with zero attached hydrogens (tertiary/aromatic N) is 1. The molecule has 132 valence electrons. The number of ether oxygens (including phenoxy) is 1. The second-order valence-corrected chi connectivity index (χ2v) is 5.83. The summed E-state index contributed by atoms with van der Waals surface area (Å²) >= 11 is 0. The van der Waals surface area contributed by atoms with Crippen LogP contribution in [0.4, 0.5) is 22.4 Å². The van der Waals surface area contributed by atoms with Crippen LogP contribution in [0.5, 0.6) is 0 Å². The van der Waals surface area contributed by atoms with E-state index in [9.17, 15) is 27.2 Å². The maximum Gasteiger partial charge on any atom is 0.317 e. The summed E-state index contributed by atoms with van der Waals surface area (Å²) in [5.74, 6) is -6.68. The van der Waals surface area contributed by atoms with Crippen LogP contribution >= 0.6 is 0 Å². The second kappa shape index (κ2) is 6.66. The van der Waals surface area contributed by atoms with Crippen LogP contribution in [0.2, 0.25) is 0 Å². The summed E-state index contributed by atoms with van der Waals surface area (Å²) in [6.45, 7) is 1.21. The zero-order valence-corrected chi connectivity index (χ0v) is 13.1. The highest BCUT2D eigenvalue weighted by Gasteiger charge is 2.43. The molecule has 0 aliphatic carbocycles. The maximum absolute atomic E-state index is 13.5. The van der Waals surface area contributed by atoms with Crippen molar-refractivity contribution in [1.29, 1.82) is 0 Å². The van der Waals surface area contributed by atoms with Gasteiger partial charge in [-0.25, -0.2) is 22.4 Å². The first kappa shape index (κ1) is 18.0. The molecule has 2 rings (SSSR count). The number of esters is 1. The number of hydrogen-bond donors (Lipinski definition) is 1. The number of methoxy groups -OCH3 is 1. The highest BCUT2D eigenvalue weighted by molar-refractivity contribution is 5.80. The van der Waals surface area contributed by atoms with Crippen molar-refractivity contribution in [3.8, 4) is 0 Å². The van der Waals surface area contributed by atoms with Gasteiger partial charge in [0.1, 0.15) is 0 Å². The molecule has 0 unspecified atom stereocenters. The average Bonchev–Trinajstić information content (AvgIpc) is 2.95. The lowest BCUT2D eigenvalue weighted by atomic mass is 9.90. The zero-order valence-electron chi connectivity index (χ0n) is 13.1. The Balaban J connectivity index is 2.04. The van der Waals surface area contributed by atoms with E-state index in [0.29, 0.717) is 6.42 Å². The first-order valence-corrected chi connectivity index (χ1v) is 7.12. The van der Waals surface area contributed by atoms with Crippen molar-refractivity contribution in [3.05, 3.63) is 34.9 Å². The van der Waals surface area contributed by atoms with Crippen molar-refractivity contribution in [2.24, 2.45) is 5.41 Å². The fourth-order valence-electron chi connectivity index (χ4n) is 2.60. The normalized spacial score (nSPS) is 20.2. The van der Waals surface area contributed by atoms with Crippen LogP contribution in [0.3, 0.4) is 0 Å². The first-order chi connectivity index (χ1) is 11.2. The summed E-state index contributed by atoms with van der Waals surface area (Å²) in [5.41, 5.74) is -1.77. The Kier molecular flexibility index (Phi) is 5.00. The van der Waals surface area contributed by atoms with Gasteiger partial charge >= 0.3 is 12.0 Å². The Morgan fingerprint density at radius 2 is 1.83 bits per heavy atom. The van der Waals surface area contributed by atoms with Gasteiger partial charge in [-0.15, -0.1) is 0 Å². The standard InChI is InChI=1S/C15H16F4N2O3/c1-15(13(22)24-2)3-4-21(7-15)14(23)20-6-8-11(18)9(16)5-10(17)12(8)19/h5H,3-4,6-7H2,1-2H3,(H,20,23)/t15-/m1/s1. The monoisotopic (exact) mass is 348 g/mol. The lowest BCUT2D eigenvalue weighted by molar-refractivity contribution is -0.150. The number of likely N-dealkylation sites (tertiary alicyclic amines) is 1. The van der Waals surface area contributed by atoms with E-state index < -0.39 is 52.8 Å². The number of benzene rings is 1. The lowest BCUT2D eigenvalue weighted by Crippen LogP contribution is -2.41. The molecule has 0 bridgehead atoms. The maximum atomic E-state index is 13.5. The molecule has 1 aliphatic heterocycles. The lowest BCUT2D eigenvalue weighted by Gasteiger charge is -2.22. The van der Waals surface area contributed by atoms with Crippen LogP contribution in [0, 0.1) is 28.7 Å². The van der Waals surface area contributed by atoms with Crippen molar-refractivity contribution < 1.29 is 31.9 Å². The molecule has 1 aliphatic rings. The fraction of sp³-hybridized carbons (Fsp3) is 0.467. The highest BCUT2D eigenvalue weighted by atomic mass is 19.2. The summed E-state index contributed by atoms with van der Waals surface area (Å²) in [4.78, 5) is 25.0. The summed E-state index contributed by atoms with van der Waals surface area (Å²) in [7, 11) is 1.24. The third-order valence-corrected chi connectivity index (χ3v) is 4.06. The minimum atomic E-state index is -1.56. The Morgan fingerprint density at radius 1 is 1.25 bits per heavy atom. The molecule has 2 amide bonds. The molecule has 9 heteroatoms. The smallest absolute Gasteiger partial charge is 0.317 e. The van der Waals surface area contributed by atoms with Crippen molar-refractivity contribution in [1.82, 2.24) is 10.2 Å². The Labute approximate surface area is 135 Å². The molecule has 1 fully saturated rings. The van der Waals surface area contributed by atoms with E-state index in [4.69, 9.17) is 0 Å². The van der Waals surface area contributed by atoms with E-state index in [2.05, 4.69) is 10.1 Å². The molecule has 1 aromatic carbocycles. The SMILES string of the molecule is COC(=O)[C@]1(C)CCN(C(=O)NCc2c(F)c(F)cc(F)c2F)C1. The van der Waals surface area contributed by atoms with Crippen LogP contribution in [0.1, 0.15) is 18.9 Å². The minimum absolute atomic E-state index is 0.0635. The van der Waals surface area contributed by atoms with Gasteiger partial charge < -0.3 is 15.0 Å². The van der Waals surface area contributed by atoms with Crippen molar-refractivity contribution in [2.45, 2.75) is 19.9 Å². The van der Waals surface area contributed by atoms with Crippen LogP contribution < -0.4 is 5.32 Å². The number of carbonyl (C=O) groups excluding carboxylic acids is 2. The molecule has 1 heterocycles. The Morgan fingerprint density at radius 3 is 2.38 bits per heavy atom. The van der Waals surface area contributed by atoms with Gasteiger partial charge in [0.2, 0.25) is 0 Å². The molecule has 1 atom stereocenters. The number of halogens is 4. The number of amides is 2. The zero-order chi connectivity index (χ0) is 18.1. The van der Waals surface area contributed by atoms with Gasteiger partial charge in [-0.1, -0.05) is 0 Å². The molecule has 0 aromatic heterocycles. The topological polar surface area (TPSA) is 58.6 Å². The Hall–Kier alpha value is -2.32. The summed E-state index contributed by atoms with van der Waals surface area (Å²) in [5, 5.41) is 2.19. The van der Waals surface area contributed by atoms with Gasteiger partial charge in [0.15, 0.2) is 23.3 Å². The third kappa shape index (κ3) is 3.29. The van der Waals surface area contributed by atoms with E-state index in [-0.39, 0.29) is 19.2 Å². The molecule has 1 saturated heterocycles. The van der Waals surface area contributed by atoms with Crippen LogP contribution in [-0.4, -0.2) is 37.1 Å². The van der Waals surface area contributed by atoms with E-state index in [0.717, 1.165) is 0 Å². The fourth-order valence-corrected chi connectivity index (χ4v) is 2.60. The summed E-state index contributed by atoms with van der Waals surface area (Å²) in [6, 6.07) is -0.607. The van der Waals surface area contributed by atoms with E-state index in [1.54, 1.807) is 6.92 Å². The molecule has 24 heavy (non-hydrogen) atoms. The third-order valence-electron chi connectivity index (χ3n) is 4.06. The highest BCUT2D eigenvalue weighted by Crippen LogP contribution is 2.31. The van der Waals surface area contributed by atoms with Gasteiger partial charge in [-0.3, -0.25) is 4.79 Å². The predicted octanol–water partition coefficient (Wildman–Crippen LogP) is 2.34. The van der Waals surface area contributed by atoms with Crippen molar-refractivity contribution >= 4 is 12.0 Å². The van der Waals surface area contributed by atoms with Crippen molar-refractivity contribution in [2.75, 3.05) is 20.2 Å². The second-order valence-electron chi connectivity index (χ2n) is 5.83. The molecule has 0 saturated carbocycles. The number of hydrogen-bond acceptors (Lipinski definition) is 3. The van der Waals surface area contributed by atoms with E-state index in [1.807, 2.05) is 0 Å². The number of urea groups is 1. The van der Waals surface area contributed by atoms with E-state index >= 15 is 0 Å². The van der Waals surface area contributed by atoms with Crippen LogP contribution in [-0.2, 0) is 16.1 Å². The quantitative estimate of drug-likeness (QED) is 0.518. The van der Waals surface area contributed by atoms with Gasteiger partial charge in [-0.2, -0.15) is 0 Å². The van der Waals surface area contributed by atoms with E-state index in [1.165, 1.54) is 12.0 Å². The number of nitrogens with one attached hydrogen (secondary N) is 1. The van der Waals surface area contributed by atoms with Crippen molar-refractivity contribution in [3.63, 3.8) is 0 Å². The molecular formula is C15H16F4N2O3. The predicted molar refractivity (Wildman–Crippen MR) is 74.8 cm³/mol. The number of rotatable bonds is 3. The molecule has 5 nitrogen and oxygen atoms in total. The Bertz CT molecular complexity index is 657.